The van der Waals surface area contributed by atoms with Crippen LogP contribution in [0.4, 0.5) is 5.69 Å². The van der Waals surface area contributed by atoms with Crippen LogP contribution in [0.15, 0.2) is 47.4 Å². The molecule has 122 valence electrons. The fourth-order valence-corrected chi connectivity index (χ4v) is 5.21. The Morgan fingerprint density at radius 1 is 1.26 bits per heavy atom. The summed E-state index contributed by atoms with van der Waals surface area (Å²) in [5.74, 6) is 0.534. The van der Waals surface area contributed by atoms with Crippen molar-refractivity contribution in [3.05, 3.63) is 53.1 Å². The quantitative estimate of drug-likeness (QED) is 0.510. The Labute approximate surface area is 154 Å². The second-order valence-electron chi connectivity index (χ2n) is 5.35. The summed E-state index contributed by atoms with van der Waals surface area (Å²) in [6, 6.07) is 11.6. The first-order valence-corrected chi connectivity index (χ1v) is 10.4. The van der Waals surface area contributed by atoms with Gasteiger partial charge in [0.25, 0.3) is 10.0 Å². The highest BCUT2D eigenvalue weighted by Crippen LogP contribution is 2.39. The number of fused-ring (bicyclic) bond motifs is 1. The van der Waals surface area contributed by atoms with Gasteiger partial charge in [0.05, 0.1) is 16.6 Å². The second kappa shape index (κ2) is 6.49. The van der Waals surface area contributed by atoms with Crippen molar-refractivity contribution in [2.75, 3.05) is 15.3 Å². The molecule has 3 rings (SSSR count). The van der Waals surface area contributed by atoms with Crippen LogP contribution in [0.3, 0.4) is 0 Å². The van der Waals surface area contributed by atoms with Crippen LogP contribution in [0.2, 0.25) is 5.02 Å². The van der Waals surface area contributed by atoms with Gasteiger partial charge in [-0.25, -0.2) is 8.42 Å². The molecule has 0 aliphatic carbocycles. The topological polar surface area (TPSA) is 46.6 Å². The maximum atomic E-state index is 13.2. The minimum absolute atomic E-state index is 0.269. The molecule has 1 heterocycles. The average Bonchev–Trinajstić information content (AvgIpc) is 2.53. The molecule has 0 aromatic heterocycles. The number of anilines is 1. The number of hydrogen-bond donors (Lipinski definition) is 0. The zero-order chi connectivity index (χ0) is 16.6. The summed E-state index contributed by atoms with van der Waals surface area (Å²) in [5, 5.41) is 0.477. The Morgan fingerprint density at radius 3 is 2.61 bits per heavy atom. The van der Waals surface area contributed by atoms with Crippen LogP contribution in [-0.2, 0) is 10.0 Å². The highest BCUT2D eigenvalue weighted by atomic mass is 127. The fraction of sp³-hybridized carbons (Fsp3) is 0.250. The summed E-state index contributed by atoms with van der Waals surface area (Å²) in [4.78, 5) is 0.269. The molecule has 2 aromatic rings. The van der Waals surface area contributed by atoms with E-state index in [2.05, 4.69) is 22.6 Å². The molecular weight excluding hydrogens is 449 g/mol. The minimum atomic E-state index is -3.68. The molecule has 0 radical (unpaired) electrons. The van der Waals surface area contributed by atoms with E-state index in [1.165, 1.54) is 4.31 Å². The van der Waals surface area contributed by atoms with Crippen LogP contribution in [0.5, 0.6) is 5.75 Å². The summed E-state index contributed by atoms with van der Waals surface area (Å²) in [5.41, 5.74) is 1.51. The first-order valence-electron chi connectivity index (χ1n) is 7.03. The van der Waals surface area contributed by atoms with Gasteiger partial charge in [0.15, 0.2) is 0 Å². The maximum absolute atomic E-state index is 13.2. The van der Waals surface area contributed by atoms with Gasteiger partial charge in [0, 0.05) is 9.45 Å². The lowest BCUT2D eigenvalue weighted by Gasteiger charge is -2.36. The second-order valence-corrected chi connectivity index (χ2v) is 8.48. The number of benzene rings is 2. The van der Waals surface area contributed by atoms with Crippen molar-refractivity contribution in [3.63, 3.8) is 0 Å². The van der Waals surface area contributed by atoms with E-state index in [4.69, 9.17) is 16.3 Å². The third-order valence-electron chi connectivity index (χ3n) is 3.68. The van der Waals surface area contributed by atoms with Crippen LogP contribution < -0.4 is 9.04 Å². The summed E-state index contributed by atoms with van der Waals surface area (Å²) in [6.45, 7) is 2.25. The van der Waals surface area contributed by atoms with Gasteiger partial charge >= 0.3 is 0 Å². The lowest BCUT2D eigenvalue weighted by Crippen LogP contribution is -2.47. The lowest BCUT2D eigenvalue weighted by molar-refractivity contribution is 0.284. The van der Waals surface area contributed by atoms with Crippen molar-refractivity contribution in [1.29, 1.82) is 0 Å². The smallest absolute Gasteiger partial charge is 0.264 e. The van der Waals surface area contributed by atoms with Crippen molar-refractivity contribution in [2.24, 2.45) is 0 Å². The molecular formula is C16H15ClINO3S. The van der Waals surface area contributed by atoms with Gasteiger partial charge in [-0.2, -0.15) is 0 Å². The lowest BCUT2D eigenvalue weighted by atomic mass is 10.2. The zero-order valence-electron chi connectivity index (χ0n) is 12.4. The van der Waals surface area contributed by atoms with E-state index in [0.29, 0.717) is 27.5 Å². The van der Waals surface area contributed by atoms with E-state index in [1.54, 1.807) is 42.5 Å². The standard InChI is InChI=1S/C16H15ClINO3S/c1-11-2-5-14(6-3-11)23(20,21)19-13(9-18)10-22-16-7-4-12(17)8-15(16)19/h2-8,13H,9-10H2,1H3. The number of nitrogens with zero attached hydrogens (tertiary/aromatic N) is 1. The Balaban J connectivity index is 2.15. The molecule has 0 saturated heterocycles. The molecule has 0 amide bonds. The Kier molecular flexibility index (Phi) is 4.75. The van der Waals surface area contributed by atoms with Crippen molar-refractivity contribution < 1.29 is 13.2 Å². The van der Waals surface area contributed by atoms with Gasteiger partial charge in [-0.15, -0.1) is 0 Å². The number of aryl methyl sites for hydroxylation is 1. The summed E-state index contributed by atoms with van der Waals surface area (Å²) >= 11 is 8.25. The maximum Gasteiger partial charge on any atom is 0.264 e. The molecule has 7 heteroatoms. The number of sulfonamides is 1. The van der Waals surface area contributed by atoms with Crippen molar-refractivity contribution in [3.8, 4) is 5.75 Å². The first kappa shape index (κ1) is 16.9. The van der Waals surface area contributed by atoms with Crippen LogP contribution >= 0.6 is 34.2 Å². The molecule has 1 aliphatic heterocycles. The van der Waals surface area contributed by atoms with Crippen LogP contribution in [0.1, 0.15) is 5.56 Å². The van der Waals surface area contributed by atoms with E-state index < -0.39 is 10.0 Å². The van der Waals surface area contributed by atoms with E-state index >= 15 is 0 Å². The number of halogens is 2. The SMILES string of the molecule is Cc1ccc(S(=O)(=O)N2c3cc(Cl)ccc3OCC2CI)cc1. The van der Waals surface area contributed by atoms with Crippen molar-refractivity contribution >= 4 is 49.9 Å². The predicted octanol–water partition coefficient (Wildman–Crippen LogP) is 4.04. The molecule has 1 unspecified atom stereocenters. The molecule has 2 aromatic carbocycles. The molecule has 1 aliphatic rings. The summed E-state index contributed by atoms with van der Waals surface area (Å²) in [6.07, 6.45) is 0. The van der Waals surface area contributed by atoms with Gasteiger partial charge in [-0.3, -0.25) is 4.31 Å². The van der Waals surface area contributed by atoms with E-state index in [0.717, 1.165) is 5.56 Å². The molecule has 0 fully saturated rings. The van der Waals surface area contributed by atoms with E-state index in [-0.39, 0.29) is 10.9 Å². The summed E-state index contributed by atoms with van der Waals surface area (Å²) < 4.78 is 34.1. The third-order valence-corrected chi connectivity index (χ3v) is 6.81. The monoisotopic (exact) mass is 463 g/mol. The van der Waals surface area contributed by atoms with Gasteiger partial charge in [-0.05, 0) is 37.3 Å². The molecule has 1 atom stereocenters. The predicted molar refractivity (Wildman–Crippen MR) is 100 cm³/mol. The van der Waals surface area contributed by atoms with Gasteiger partial charge in [0.2, 0.25) is 0 Å². The van der Waals surface area contributed by atoms with Crippen molar-refractivity contribution in [1.82, 2.24) is 0 Å². The molecule has 0 saturated carbocycles. The highest BCUT2D eigenvalue weighted by Gasteiger charge is 2.36. The third kappa shape index (κ3) is 3.16. The molecule has 0 spiro atoms. The molecule has 0 N–H and O–H groups in total. The van der Waals surface area contributed by atoms with Gasteiger partial charge in [-0.1, -0.05) is 51.9 Å². The average molecular weight is 464 g/mol. The van der Waals surface area contributed by atoms with Crippen LogP contribution in [0, 0.1) is 6.92 Å². The molecule has 4 nitrogen and oxygen atoms in total. The Bertz CT molecular complexity index is 824. The Morgan fingerprint density at radius 2 is 1.96 bits per heavy atom. The van der Waals surface area contributed by atoms with E-state index in [1.807, 2.05) is 6.92 Å². The minimum Gasteiger partial charge on any atom is -0.489 e. The van der Waals surface area contributed by atoms with Crippen LogP contribution in [-0.4, -0.2) is 25.5 Å². The van der Waals surface area contributed by atoms with Gasteiger partial charge in [0.1, 0.15) is 12.4 Å². The fourth-order valence-electron chi connectivity index (χ4n) is 2.49. The Hall–Kier alpha value is -0.990. The van der Waals surface area contributed by atoms with Crippen molar-refractivity contribution in [2.45, 2.75) is 17.9 Å². The number of alkyl halides is 1. The molecule has 0 bridgehead atoms. The number of hydrogen-bond acceptors (Lipinski definition) is 3. The van der Waals surface area contributed by atoms with Crippen LogP contribution in [0.25, 0.3) is 0 Å². The largest absolute Gasteiger partial charge is 0.489 e. The zero-order valence-corrected chi connectivity index (χ0v) is 16.1. The first-order chi connectivity index (χ1) is 10.9. The number of rotatable bonds is 3. The summed E-state index contributed by atoms with van der Waals surface area (Å²) in [7, 11) is -3.68. The van der Waals surface area contributed by atoms with Gasteiger partial charge < -0.3 is 4.74 Å². The highest BCUT2D eigenvalue weighted by molar-refractivity contribution is 14.1. The normalized spacial score (nSPS) is 17.5. The van der Waals surface area contributed by atoms with E-state index in [9.17, 15) is 8.42 Å². The number of ether oxygens (including phenoxy) is 1. The molecule has 23 heavy (non-hydrogen) atoms.